The van der Waals surface area contributed by atoms with Gasteiger partial charge in [-0.3, -0.25) is 9.78 Å². The molecule has 0 radical (unpaired) electrons. The van der Waals surface area contributed by atoms with Crippen molar-refractivity contribution in [2.24, 2.45) is 0 Å². The molecule has 138 valence electrons. The molecule has 0 aliphatic heterocycles. The smallest absolute Gasteiger partial charge is 0.350 e. The minimum atomic E-state index is -0.485. The van der Waals surface area contributed by atoms with E-state index in [-0.39, 0.29) is 5.91 Å². The standard InChI is InChI=1S/C21H15N3O3S/c1-27-21(26)19-17(8-10-28-19)24-20(25)15-11-18(13-5-4-9-22-12-13)23-16-7-3-2-6-14(15)16/h2-12H,1H3,(H,24,25). The lowest BCUT2D eigenvalue weighted by Crippen LogP contribution is -2.15. The van der Waals surface area contributed by atoms with Crippen molar-refractivity contribution in [1.29, 1.82) is 0 Å². The van der Waals surface area contributed by atoms with Gasteiger partial charge in [-0.2, -0.15) is 0 Å². The van der Waals surface area contributed by atoms with Crippen molar-refractivity contribution in [2.75, 3.05) is 12.4 Å². The molecular weight excluding hydrogens is 374 g/mol. The zero-order valence-corrected chi connectivity index (χ0v) is 15.7. The van der Waals surface area contributed by atoms with Gasteiger partial charge in [0.15, 0.2) is 0 Å². The van der Waals surface area contributed by atoms with E-state index in [2.05, 4.69) is 15.3 Å². The third-order valence-electron chi connectivity index (χ3n) is 4.20. The van der Waals surface area contributed by atoms with Crippen LogP contribution in [0.4, 0.5) is 5.69 Å². The number of ether oxygens (including phenoxy) is 1. The molecule has 3 heterocycles. The van der Waals surface area contributed by atoms with E-state index >= 15 is 0 Å². The van der Waals surface area contributed by atoms with Crippen molar-refractivity contribution in [3.63, 3.8) is 0 Å². The predicted molar refractivity (Wildman–Crippen MR) is 109 cm³/mol. The van der Waals surface area contributed by atoms with Crippen LogP contribution in [0, 0.1) is 0 Å². The number of benzene rings is 1. The van der Waals surface area contributed by atoms with Gasteiger partial charge in [0.2, 0.25) is 0 Å². The van der Waals surface area contributed by atoms with Gasteiger partial charge >= 0.3 is 5.97 Å². The van der Waals surface area contributed by atoms with E-state index in [1.54, 1.807) is 29.9 Å². The van der Waals surface area contributed by atoms with Gasteiger partial charge in [-0.1, -0.05) is 18.2 Å². The Morgan fingerprint density at radius 2 is 1.96 bits per heavy atom. The highest BCUT2D eigenvalue weighted by molar-refractivity contribution is 7.12. The number of para-hydroxylation sites is 1. The Balaban J connectivity index is 1.78. The third-order valence-corrected chi connectivity index (χ3v) is 5.10. The number of fused-ring (bicyclic) bond motifs is 1. The number of pyridine rings is 2. The minimum Gasteiger partial charge on any atom is -0.465 e. The number of anilines is 1. The van der Waals surface area contributed by atoms with Gasteiger partial charge in [0.1, 0.15) is 4.88 Å². The van der Waals surface area contributed by atoms with E-state index in [1.165, 1.54) is 18.4 Å². The molecule has 1 aromatic carbocycles. The normalized spacial score (nSPS) is 10.6. The number of hydrogen-bond donors (Lipinski definition) is 1. The van der Waals surface area contributed by atoms with Crippen molar-refractivity contribution >= 4 is 39.8 Å². The van der Waals surface area contributed by atoms with Gasteiger partial charge in [0.25, 0.3) is 5.91 Å². The lowest BCUT2D eigenvalue weighted by molar-refractivity contribution is 0.0607. The van der Waals surface area contributed by atoms with Crippen LogP contribution in [-0.4, -0.2) is 29.0 Å². The largest absolute Gasteiger partial charge is 0.465 e. The highest BCUT2D eigenvalue weighted by Gasteiger charge is 2.19. The highest BCUT2D eigenvalue weighted by Crippen LogP contribution is 2.27. The van der Waals surface area contributed by atoms with Crippen LogP contribution in [0.3, 0.4) is 0 Å². The monoisotopic (exact) mass is 389 g/mol. The quantitative estimate of drug-likeness (QED) is 0.523. The zero-order chi connectivity index (χ0) is 19.5. The Labute approximate surface area is 164 Å². The van der Waals surface area contributed by atoms with Gasteiger partial charge in [-0.15, -0.1) is 11.3 Å². The average Bonchev–Trinajstić information content (AvgIpc) is 3.21. The van der Waals surface area contributed by atoms with Crippen LogP contribution in [0.1, 0.15) is 20.0 Å². The van der Waals surface area contributed by atoms with E-state index in [0.717, 1.165) is 10.9 Å². The predicted octanol–water partition coefficient (Wildman–Crippen LogP) is 4.40. The second-order valence-electron chi connectivity index (χ2n) is 5.92. The molecule has 28 heavy (non-hydrogen) atoms. The lowest BCUT2D eigenvalue weighted by atomic mass is 10.0. The van der Waals surface area contributed by atoms with Crippen molar-refractivity contribution < 1.29 is 14.3 Å². The Morgan fingerprint density at radius 3 is 2.75 bits per heavy atom. The molecule has 7 heteroatoms. The van der Waals surface area contributed by atoms with E-state index < -0.39 is 5.97 Å². The van der Waals surface area contributed by atoms with Crippen LogP contribution in [-0.2, 0) is 4.74 Å². The van der Waals surface area contributed by atoms with E-state index in [0.29, 0.717) is 27.3 Å². The number of rotatable bonds is 4. The van der Waals surface area contributed by atoms with Crippen LogP contribution in [0.25, 0.3) is 22.2 Å². The summed E-state index contributed by atoms with van der Waals surface area (Å²) in [6.45, 7) is 0. The molecule has 1 N–H and O–H groups in total. The van der Waals surface area contributed by atoms with Crippen LogP contribution in [0.15, 0.2) is 66.3 Å². The van der Waals surface area contributed by atoms with Crippen molar-refractivity contribution in [3.05, 3.63) is 76.7 Å². The molecule has 4 aromatic rings. The summed E-state index contributed by atoms with van der Waals surface area (Å²) in [5.41, 5.74) is 3.05. The summed E-state index contributed by atoms with van der Waals surface area (Å²) in [6, 6.07) is 14.6. The molecule has 0 saturated carbocycles. The number of carbonyl (C=O) groups is 2. The molecule has 1 amide bonds. The molecule has 0 bridgehead atoms. The molecule has 0 unspecified atom stereocenters. The van der Waals surface area contributed by atoms with Crippen molar-refractivity contribution in [3.8, 4) is 11.3 Å². The fourth-order valence-corrected chi connectivity index (χ4v) is 3.64. The van der Waals surface area contributed by atoms with E-state index in [9.17, 15) is 9.59 Å². The van der Waals surface area contributed by atoms with Gasteiger partial charge in [-0.25, -0.2) is 9.78 Å². The zero-order valence-electron chi connectivity index (χ0n) is 14.9. The van der Waals surface area contributed by atoms with Crippen molar-refractivity contribution in [1.82, 2.24) is 9.97 Å². The fourth-order valence-electron chi connectivity index (χ4n) is 2.87. The first kappa shape index (κ1) is 17.8. The lowest BCUT2D eigenvalue weighted by Gasteiger charge is -2.10. The molecule has 0 aliphatic rings. The van der Waals surface area contributed by atoms with Gasteiger partial charge in [-0.05, 0) is 35.7 Å². The maximum atomic E-state index is 13.1. The maximum Gasteiger partial charge on any atom is 0.350 e. The topological polar surface area (TPSA) is 81.2 Å². The third kappa shape index (κ3) is 3.35. The molecule has 4 rings (SSSR count). The number of thiophene rings is 1. The molecule has 6 nitrogen and oxygen atoms in total. The average molecular weight is 389 g/mol. The first-order chi connectivity index (χ1) is 13.7. The van der Waals surface area contributed by atoms with E-state index in [1.807, 2.05) is 36.4 Å². The highest BCUT2D eigenvalue weighted by atomic mass is 32.1. The number of aromatic nitrogens is 2. The molecular formula is C21H15N3O3S. The molecule has 0 fully saturated rings. The van der Waals surface area contributed by atoms with Crippen LogP contribution < -0.4 is 5.32 Å². The minimum absolute atomic E-state index is 0.327. The number of carbonyl (C=O) groups excluding carboxylic acids is 2. The summed E-state index contributed by atoms with van der Waals surface area (Å²) >= 11 is 1.21. The van der Waals surface area contributed by atoms with Gasteiger partial charge in [0, 0.05) is 23.3 Å². The summed E-state index contributed by atoms with van der Waals surface area (Å²) in [5.74, 6) is -0.812. The van der Waals surface area contributed by atoms with Gasteiger partial charge < -0.3 is 10.1 Å². The molecule has 0 aliphatic carbocycles. The Morgan fingerprint density at radius 1 is 1.11 bits per heavy atom. The summed E-state index contributed by atoms with van der Waals surface area (Å²) in [5, 5.41) is 5.27. The SMILES string of the molecule is COC(=O)c1sccc1NC(=O)c1cc(-c2cccnc2)nc2ccccc12. The second kappa shape index (κ2) is 7.58. The first-order valence-electron chi connectivity index (χ1n) is 8.44. The second-order valence-corrected chi connectivity index (χ2v) is 6.84. The summed E-state index contributed by atoms with van der Waals surface area (Å²) in [6.07, 6.45) is 3.39. The number of hydrogen-bond acceptors (Lipinski definition) is 6. The first-order valence-corrected chi connectivity index (χ1v) is 9.32. The molecule has 0 atom stereocenters. The summed E-state index contributed by atoms with van der Waals surface area (Å²) < 4.78 is 4.77. The number of nitrogens with zero attached hydrogens (tertiary/aromatic N) is 2. The van der Waals surface area contributed by atoms with Crippen molar-refractivity contribution in [2.45, 2.75) is 0 Å². The van der Waals surface area contributed by atoms with Crippen LogP contribution in [0.5, 0.6) is 0 Å². The molecule has 0 saturated heterocycles. The number of nitrogens with one attached hydrogen (secondary N) is 1. The van der Waals surface area contributed by atoms with Crippen LogP contribution >= 0.6 is 11.3 Å². The fraction of sp³-hybridized carbons (Fsp3) is 0.0476. The Kier molecular flexibility index (Phi) is 4.82. The summed E-state index contributed by atoms with van der Waals surface area (Å²) in [4.78, 5) is 34.1. The Bertz CT molecular complexity index is 1170. The number of methoxy groups -OCH3 is 1. The number of amides is 1. The number of esters is 1. The molecule has 0 spiro atoms. The van der Waals surface area contributed by atoms with Gasteiger partial charge in [0.05, 0.1) is 29.6 Å². The summed E-state index contributed by atoms with van der Waals surface area (Å²) in [7, 11) is 1.31. The van der Waals surface area contributed by atoms with Crippen LogP contribution in [0.2, 0.25) is 0 Å². The molecule has 3 aromatic heterocycles. The Hall–Kier alpha value is -3.58. The van der Waals surface area contributed by atoms with E-state index in [4.69, 9.17) is 4.74 Å². The maximum absolute atomic E-state index is 13.1.